The minimum Gasteiger partial charge on any atom is -0.287 e. The van der Waals surface area contributed by atoms with Gasteiger partial charge in [-0.1, -0.05) is 84.9 Å². The zero-order valence-electron chi connectivity index (χ0n) is 15.0. The maximum absolute atomic E-state index is 13.2. The quantitative estimate of drug-likeness (QED) is 0.525. The van der Waals surface area contributed by atoms with Gasteiger partial charge >= 0.3 is 0 Å². The number of aromatic amines is 1. The summed E-state index contributed by atoms with van der Waals surface area (Å²) in [5.41, 5.74) is 3.02. The predicted molar refractivity (Wildman–Crippen MR) is 105 cm³/mol. The van der Waals surface area contributed by atoms with Crippen molar-refractivity contribution in [2.75, 3.05) is 0 Å². The number of hydrogen-bond acceptors (Lipinski definition) is 4. The van der Waals surface area contributed by atoms with Crippen molar-refractivity contribution >= 4 is 11.6 Å². The Morgan fingerprint density at radius 1 is 0.679 bits per heavy atom. The molecule has 4 aromatic rings. The number of carbonyl (C=O) groups excluding carboxylic acids is 2. The monoisotopic (exact) mass is 367 g/mol. The summed E-state index contributed by atoms with van der Waals surface area (Å²) in [4.78, 5) is 26.0. The van der Waals surface area contributed by atoms with E-state index in [4.69, 9.17) is 0 Å². The van der Waals surface area contributed by atoms with Crippen LogP contribution in [-0.4, -0.2) is 27.0 Å². The molecule has 0 aliphatic heterocycles. The summed E-state index contributed by atoms with van der Waals surface area (Å²) in [6.45, 7) is 0. The standard InChI is InChI=1S/C23H17N3O2/c27-22(17-11-5-2-6-12-17)20-21(25-26-24-20)23(28)19-14-8-7-13-18(19)15-16-9-3-1-4-10-16/h1-14H,15H2,(H,24,25,26). The van der Waals surface area contributed by atoms with E-state index in [-0.39, 0.29) is 23.0 Å². The lowest BCUT2D eigenvalue weighted by atomic mass is 9.95. The van der Waals surface area contributed by atoms with Crippen molar-refractivity contribution in [1.82, 2.24) is 15.4 Å². The first-order valence-electron chi connectivity index (χ1n) is 8.91. The van der Waals surface area contributed by atoms with Gasteiger partial charge in [0.25, 0.3) is 0 Å². The van der Waals surface area contributed by atoms with E-state index in [2.05, 4.69) is 15.4 Å². The van der Waals surface area contributed by atoms with Crippen LogP contribution in [0, 0.1) is 0 Å². The van der Waals surface area contributed by atoms with Gasteiger partial charge in [-0.3, -0.25) is 9.59 Å². The molecule has 0 aliphatic rings. The molecule has 5 nitrogen and oxygen atoms in total. The largest absolute Gasteiger partial charge is 0.287 e. The Hall–Kier alpha value is -3.86. The van der Waals surface area contributed by atoms with Crippen LogP contribution in [0.4, 0.5) is 0 Å². The van der Waals surface area contributed by atoms with E-state index in [0.29, 0.717) is 17.5 Å². The normalized spacial score (nSPS) is 10.6. The number of ketones is 2. The first-order valence-corrected chi connectivity index (χ1v) is 8.91. The molecule has 1 aromatic heterocycles. The molecule has 0 saturated carbocycles. The molecule has 1 heterocycles. The summed E-state index contributed by atoms with van der Waals surface area (Å²) in [6.07, 6.45) is 0.614. The molecule has 28 heavy (non-hydrogen) atoms. The Morgan fingerprint density at radius 2 is 1.25 bits per heavy atom. The maximum atomic E-state index is 13.2. The molecule has 3 aromatic carbocycles. The number of carbonyl (C=O) groups is 2. The second-order valence-electron chi connectivity index (χ2n) is 6.36. The highest BCUT2D eigenvalue weighted by Gasteiger charge is 2.25. The zero-order chi connectivity index (χ0) is 19.3. The van der Waals surface area contributed by atoms with Gasteiger partial charge in [-0.2, -0.15) is 15.4 Å². The van der Waals surface area contributed by atoms with Crippen molar-refractivity contribution in [2.24, 2.45) is 0 Å². The summed E-state index contributed by atoms with van der Waals surface area (Å²) in [7, 11) is 0. The molecule has 0 fully saturated rings. The third-order valence-electron chi connectivity index (χ3n) is 4.51. The van der Waals surface area contributed by atoms with Crippen molar-refractivity contribution in [3.05, 3.63) is 119 Å². The molecule has 0 spiro atoms. The van der Waals surface area contributed by atoms with Crippen molar-refractivity contribution in [2.45, 2.75) is 6.42 Å². The minimum atomic E-state index is -0.335. The van der Waals surface area contributed by atoms with Crippen molar-refractivity contribution in [1.29, 1.82) is 0 Å². The van der Waals surface area contributed by atoms with Crippen LogP contribution >= 0.6 is 0 Å². The van der Waals surface area contributed by atoms with Gasteiger partial charge in [0.1, 0.15) is 0 Å². The molecule has 1 N–H and O–H groups in total. The van der Waals surface area contributed by atoms with Crippen LogP contribution < -0.4 is 0 Å². The van der Waals surface area contributed by atoms with Crippen molar-refractivity contribution in [3.8, 4) is 0 Å². The summed E-state index contributed by atoms with van der Waals surface area (Å²) in [5.74, 6) is -0.655. The zero-order valence-corrected chi connectivity index (χ0v) is 15.0. The Kier molecular flexibility index (Phi) is 4.89. The first-order chi connectivity index (χ1) is 13.7. The molecule has 0 saturated heterocycles. The second kappa shape index (κ2) is 7.80. The third kappa shape index (κ3) is 3.50. The Labute approximate surface area is 162 Å². The minimum absolute atomic E-state index is 0.0331. The van der Waals surface area contributed by atoms with Gasteiger partial charge in [-0.05, 0) is 17.5 Å². The lowest BCUT2D eigenvalue weighted by molar-refractivity contribution is 0.0998. The lowest BCUT2D eigenvalue weighted by Crippen LogP contribution is -2.13. The fraction of sp³-hybridized carbons (Fsp3) is 0.0435. The van der Waals surface area contributed by atoms with E-state index in [9.17, 15) is 9.59 Å². The van der Waals surface area contributed by atoms with Gasteiger partial charge in [-0.15, -0.1) is 0 Å². The highest BCUT2D eigenvalue weighted by molar-refractivity contribution is 6.18. The summed E-state index contributed by atoms with van der Waals surface area (Å²) in [6, 6.07) is 26.0. The Morgan fingerprint density at radius 3 is 1.96 bits per heavy atom. The third-order valence-corrected chi connectivity index (χ3v) is 4.51. The fourth-order valence-electron chi connectivity index (χ4n) is 3.11. The number of H-pyrrole nitrogens is 1. The molecule has 5 heteroatoms. The maximum Gasteiger partial charge on any atom is 0.215 e. The predicted octanol–water partition coefficient (Wildman–Crippen LogP) is 3.86. The highest BCUT2D eigenvalue weighted by Crippen LogP contribution is 2.20. The molecular formula is C23H17N3O2. The molecule has 0 unspecified atom stereocenters. The number of aromatic nitrogens is 3. The van der Waals surface area contributed by atoms with E-state index in [0.717, 1.165) is 11.1 Å². The molecule has 0 radical (unpaired) electrons. The average molecular weight is 367 g/mol. The van der Waals surface area contributed by atoms with Crippen LogP contribution in [0.3, 0.4) is 0 Å². The summed E-state index contributed by atoms with van der Waals surface area (Å²) in [5, 5.41) is 10.4. The molecular weight excluding hydrogens is 350 g/mol. The van der Waals surface area contributed by atoms with Crippen LogP contribution in [0.1, 0.15) is 43.2 Å². The second-order valence-corrected chi connectivity index (χ2v) is 6.36. The summed E-state index contributed by atoms with van der Waals surface area (Å²) >= 11 is 0. The number of benzene rings is 3. The molecule has 4 rings (SSSR count). The van der Waals surface area contributed by atoms with E-state index in [1.807, 2.05) is 48.5 Å². The first kappa shape index (κ1) is 17.5. The molecule has 0 aliphatic carbocycles. The summed E-state index contributed by atoms with van der Waals surface area (Å²) < 4.78 is 0. The lowest BCUT2D eigenvalue weighted by Gasteiger charge is -2.08. The Balaban J connectivity index is 1.69. The average Bonchev–Trinajstić information content (AvgIpc) is 3.24. The van der Waals surface area contributed by atoms with Crippen LogP contribution in [0.15, 0.2) is 84.9 Å². The molecule has 0 amide bonds. The van der Waals surface area contributed by atoms with E-state index in [1.54, 1.807) is 36.4 Å². The van der Waals surface area contributed by atoms with Gasteiger partial charge < -0.3 is 0 Å². The van der Waals surface area contributed by atoms with E-state index in [1.165, 1.54) is 0 Å². The van der Waals surface area contributed by atoms with Crippen LogP contribution in [0.5, 0.6) is 0 Å². The van der Waals surface area contributed by atoms with Crippen molar-refractivity contribution < 1.29 is 9.59 Å². The van der Waals surface area contributed by atoms with Crippen LogP contribution in [0.2, 0.25) is 0 Å². The molecule has 0 atom stereocenters. The van der Waals surface area contributed by atoms with Crippen molar-refractivity contribution in [3.63, 3.8) is 0 Å². The molecule has 136 valence electrons. The van der Waals surface area contributed by atoms with Gasteiger partial charge in [-0.25, -0.2) is 0 Å². The van der Waals surface area contributed by atoms with Gasteiger partial charge in [0, 0.05) is 11.1 Å². The van der Waals surface area contributed by atoms with Gasteiger partial charge in [0.2, 0.25) is 11.6 Å². The molecule has 0 bridgehead atoms. The number of nitrogens with one attached hydrogen (secondary N) is 1. The fourth-order valence-corrected chi connectivity index (χ4v) is 3.11. The van der Waals surface area contributed by atoms with E-state index < -0.39 is 0 Å². The topological polar surface area (TPSA) is 75.7 Å². The van der Waals surface area contributed by atoms with Gasteiger partial charge in [0.15, 0.2) is 11.4 Å². The number of hydrogen-bond donors (Lipinski definition) is 1. The number of rotatable bonds is 6. The van der Waals surface area contributed by atoms with E-state index >= 15 is 0 Å². The number of nitrogens with zero attached hydrogens (tertiary/aromatic N) is 2. The smallest absolute Gasteiger partial charge is 0.215 e. The van der Waals surface area contributed by atoms with Gasteiger partial charge in [0.05, 0.1) is 0 Å². The van der Waals surface area contributed by atoms with Crippen LogP contribution in [-0.2, 0) is 6.42 Å². The Bertz CT molecular complexity index is 1120. The highest BCUT2D eigenvalue weighted by atomic mass is 16.1. The van der Waals surface area contributed by atoms with Crippen LogP contribution in [0.25, 0.3) is 0 Å². The SMILES string of the molecule is O=C(c1ccccc1)c1n[nH]nc1C(=O)c1ccccc1Cc1ccccc1.